The van der Waals surface area contributed by atoms with Crippen LogP contribution in [0.1, 0.15) is 18.9 Å². The Balaban J connectivity index is 0.00000288. The molecule has 1 saturated heterocycles. The van der Waals surface area contributed by atoms with E-state index in [0.29, 0.717) is 24.5 Å². The van der Waals surface area contributed by atoms with Gasteiger partial charge in [-0.1, -0.05) is 18.2 Å². The zero-order valence-corrected chi connectivity index (χ0v) is 14.5. The maximum absolute atomic E-state index is 12.1. The van der Waals surface area contributed by atoms with Crippen LogP contribution >= 0.6 is 12.4 Å². The normalized spacial score (nSPS) is 16.8. The fourth-order valence-corrected chi connectivity index (χ4v) is 2.52. The van der Waals surface area contributed by atoms with Crippen molar-refractivity contribution < 1.29 is 24.2 Å². The Bertz CT molecular complexity index is 617. The number of likely N-dealkylation sites (tertiary alicyclic amines) is 1. The van der Waals surface area contributed by atoms with Crippen molar-refractivity contribution in [2.24, 2.45) is 5.92 Å². The lowest BCUT2D eigenvalue weighted by Gasteiger charge is -2.17. The molecular weight excluding hydrogens is 334 g/mol. The number of hydrogen-bond acceptors (Lipinski definition) is 4. The molecule has 6 nitrogen and oxygen atoms in total. The number of benzene rings is 1. The molecule has 1 atom stereocenters. The molecule has 7 heteroatoms. The van der Waals surface area contributed by atoms with E-state index in [1.807, 2.05) is 31.2 Å². The van der Waals surface area contributed by atoms with E-state index in [2.05, 4.69) is 0 Å². The lowest BCUT2D eigenvalue weighted by atomic mass is 10.1. The first-order chi connectivity index (χ1) is 11.0. The number of amides is 1. The van der Waals surface area contributed by atoms with Crippen molar-refractivity contribution in [3.8, 4) is 11.5 Å². The summed E-state index contributed by atoms with van der Waals surface area (Å²) >= 11 is 0. The summed E-state index contributed by atoms with van der Waals surface area (Å²) < 4.78 is 10.8. The number of carbonyl (C=O) groups is 2. The summed E-state index contributed by atoms with van der Waals surface area (Å²) in [5, 5.41) is 8.97. The second kappa shape index (κ2) is 9.17. The maximum Gasteiger partial charge on any atom is 0.308 e. The highest BCUT2D eigenvalue weighted by Gasteiger charge is 2.30. The summed E-state index contributed by atoms with van der Waals surface area (Å²) in [4.78, 5) is 24.6. The van der Waals surface area contributed by atoms with Crippen molar-refractivity contribution >= 4 is 30.4 Å². The van der Waals surface area contributed by atoms with Gasteiger partial charge in [0.2, 0.25) is 0 Å². The number of allylic oxidation sites excluding steroid dienone is 1. The Morgan fingerprint density at radius 3 is 2.71 bits per heavy atom. The third-order valence-corrected chi connectivity index (χ3v) is 3.79. The van der Waals surface area contributed by atoms with Crippen LogP contribution in [-0.2, 0) is 9.59 Å². The number of carboxylic acids is 1. The van der Waals surface area contributed by atoms with E-state index in [1.165, 1.54) is 4.90 Å². The number of hydrogen-bond donors (Lipinski definition) is 1. The first-order valence-corrected chi connectivity index (χ1v) is 7.49. The van der Waals surface area contributed by atoms with E-state index in [9.17, 15) is 9.59 Å². The number of rotatable bonds is 6. The molecule has 1 fully saturated rings. The highest BCUT2D eigenvalue weighted by atomic mass is 35.5. The molecule has 0 spiro atoms. The summed E-state index contributed by atoms with van der Waals surface area (Å²) in [6.45, 7) is 2.49. The second-order valence-electron chi connectivity index (χ2n) is 5.36. The Hall–Kier alpha value is -2.21. The molecule has 1 aliphatic rings. The van der Waals surface area contributed by atoms with Gasteiger partial charge in [0.1, 0.15) is 0 Å². The monoisotopic (exact) mass is 355 g/mol. The van der Waals surface area contributed by atoms with E-state index in [-0.39, 0.29) is 31.5 Å². The third-order valence-electron chi connectivity index (χ3n) is 3.79. The van der Waals surface area contributed by atoms with Crippen LogP contribution in [0.2, 0.25) is 0 Å². The predicted molar refractivity (Wildman–Crippen MR) is 92.8 cm³/mol. The van der Waals surface area contributed by atoms with Crippen molar-refractivity contribution in [1.82, 2.24) is 4.90 Å². The quantitative estimate of drug-likeness (QED) is 0.848. The molecule has 1 heterocycles. The number of ether oxygens (including phenoxy) is 2. The lowest BCUT2D eigenvalue weighted by Crippen LogP contribution is -2.33. The molecule has 1 amide bonds. The predicted octanol–water partition coefficient (Wildman–Crippen LogP) is 2.46. The molecule has 1 aromatic carbocycles. The SMILES string of the molecule is C/C=C/c1ccc(OCC(=O)N2CCC(C(=O)O)C2)c(OC)c1.Cl. The van der Waals surface area contributed by atoms with E-state index in [0.717, 1.165) is 5.56 Å². The van der Waals surface area contributed by atoms with Crippen molar-refractivity contribution in [2.75, 3.05) is 26.8 Å². The third kappa shape index (κ3) is 4.89. The van der Waals surface area contributed by atoms with Gasteiger partial charge in [0.25, 0.3) is 5.91 Å². The zero-order valence-electron chi connectivity index (χ0n) is 13.7. The van der Waals surface area contributed by atoms with Gasteiger partial charge in [-0.3, -0.25) is 9.59 Å². The van der Waals surface area contributed by atoms with Crippen molar-refractivity contribution in [2.45, 2.75) is 13.3 Å². The minimum Gasteiger partial charge on any atom is -0.493 e. The summed E-state index contributed by atoms with van der Waals surface area (Å²) in [7, 11) is 1.54. The summed E-state index contributed by atoms with van der Waals surface area (Å²) in [6.07, 6.45) is 4.35. The largest absolute Gasteiger partial charge is 0.493 e. The van der Waals surface area contributed by atoms with Gasteiger partial charge in [0.05, 0.1) is 13.0 Å². The number of halogens is 1. The topological polar surface area (TPSA) is 76.1 Å². The van der Waals surface area contributed by atoms with Crippen molar-refractivity contribution in [1.29, 1.82) is 0 Å². The van der Waals surface area contributed by atoms with Crippen LogP contribution in [0.3, 0.4) is 0 Å². The average molecular weight is 356 g/mol. The molecular formula is C17H22ClNO5. The molecule has 0 saturated carbocycles. The van der Waals surface area contributed by atoms with Crippen LogP contribution in [-0.4, -0.2) is 48.7 Å². The molecule has 2 rings (SSSR count). The van der Waals surface area contributed by atoms with Gasteiger partial charge in [-0.05, 0) is 31.0 Å². The van der Waals surface area contributed by atoms with Gasteiger partial charge in [-0.2, -0.15) is 0 Å². The number of nitrogens with zero attached hydrogens (tertiary/aromatic N) is 1. The van der Waals surface area contributed by atoms with Gasteiger partial charge >= 0.3 is 5.97 Å². The second-order valence-corrected chi connectivity index (χ2v) is 5.36. The summed E-state index contributed by atoms with van der Waals surface area (Å²) in [5.74, 6) is -0.509. The fraction of sp³-hybridized carbons (Fsp3) is 0.412. The standard InChI is InChI=1S/C17H21NO5.ClH/c1-3-4-12-5-6-14(15(9-12)22-2)23-11-16(19)18-8-7-13(10-18)17(20)21;/h3-6,9,13H,7-8,10-11H2,1-2H3,(H,20,21);1H/b4-3+;. The number of carboxylic acid groups (broad SMARTS) is 1. The van der Waals surface area contributed by atoms with E-state index in [4.69, 9.17) is 14.6 Å². The molecule has 1 aliphatic heterocycles. The Labute approximate surface area is 147 Å². The van der Waals surface area contributed by atoms with Crippen molar-refractivity contribution in [3.63, 3.8) is 0 Å². The molecule has 0 bridgehead atoms. The molecule has 24 heavy (non-hydrogen) atoms. The van der Waals surface area contributed by atoms with Crippen LogP contribution in [0, 0.1) is 5.92 Å². The van der Waals surface area contributed by atoms with Gasteiger partial charge in [0, 0.05) is 13.1 Å². The van der Waals surface area contributed by atoms with Crippen LogP contribution < -0.4 is 9.47 Å². The number of carbonyl (C=O) groups excluding carboxylic acids is 1. The van der Waals surface area contributed by atoms with E-state index < -0.39 is 11.9 Å². The highest BCUT2D eigenvalue weighted by Crippen LogP contribution is 2.28. The zero-order chi connectivity index (χ0) is 16.8. The van der Waals surface area contributed by atoms with Crippen LogP contribution in [0.25, 0.3) is 6.08 Å². The Kier molecular flexibility index (Phi) is 7.58. The van der Waals surface area contributed by atoms with Crippen LogP contribution in [0.15, 0.2) is 24.3 Å². The minimum absolute atomic E-state index is 0. The molecule has 1 N–H and O–H groups in total. The minimum atomic E-state index is -0.859. The number of aliphatic carboxylic acids is 1. The molecule has 0 radical (unpaired) electrons. The average Bonchev–Trinajstić information content (AvgIpc) is 3.03. The van der Waals surface area contributed by atoms with Gasteiger partial charge in [-0.25, -0.2) is 0 Å². The van der Waals surface area contributed by atoms with E-state index >= 15 is 0 Å². The lowest BCUT2D eigenvalue weighted by molar-refractivity contribution is -0.141. The fourth-order valence-electron chi connectivity index (χ4n) is 2.52. The van der Waals surface area contributed by atoms with Crippen LogP contribution in [0.4, 0.5) is 0 Å². The molecule has 1 aromatic rings. The van der Waals surface area contributed by atoms with E-state index in [1.54, 1.807) is 13.2 Å². The first kappa shape index (κ1) is 19.8. The van der Waals surface area contributed by atoms with Gasteiger partial charge < -0.3 is 19.5 Å². The molecule has 1 unspecified atom stereocenters. The van der Waals surface area contributed by atoms with Gasteiger partial charge in [-0.15, -0.1) is 12.4 Å². The molecule has 132 valence electrons. The molecule has 0 aromatic heterocycles. The number of methoxy groups -OCH3 is 1. The van der Waals surface area contributed by atoms with Crippen LogP contribution in [0.5, 0.6) is 11.5 Å². The first-order valence-electron chi connectivity index (χ1n) is 7.49. The summed E-state index contributed by atoms with van der Waals surface area (Å²) in [6, 6.07) is 5.46. The molecule has 0 aliphatic carbocycles. The highest BCUT2D eigenvalue weighted by molar-refractivity contribution is 5.85. The van der Waals surface area contributed by atoms with Gasteiger partial charge in [0.15, 0.2) is 18.1 Å². The Morgan fingerprint density at radius 2 is 2.12 bits per heavy atom. The summed E-state index contributed by atoms with van der Waals surface area (Å²) in [5.41, 5.74) is 0.979. The van der Waals surface area contributed by atoms with Crippen molar-refractivity contribution in [3.05, 3.63) is 29.8 Å². The maximum atomic E-state index is 12.1. The smallest absolute Gasteiger partial charge is 0.308 e. The Morgan fingerprint density at radius 1 is 1.38 bits per heavy atom.